The first-order valence-corrected chi connectivity index (χ1v) is 8.40. The van der Waals surface area contributed by atoms with Gasteiger partial charge in [0.25, 0.3) is 5.91 Å². The van der Waals surface area contributed by atoms with Gasteiger partial charge in [0.05, 0.1) is 12.4 Å². The Labute approximate surface area is 151 Å². The summed E-state index contributed by atoms with van der Waals surface area (Å²) in [6.45, 7) is 8.74. The average Bonchev–Trinajstić information content (AvgIpc) is 3.13. The number of carbonyl (C=O) groups excluding carboxylic acids is 1. The van der Waals surface area contributed by atoms with Gasteiger partial charge < -0.3 is 9.88 Å². The number of imidazole rings is 1. The van der Waals surface area contributed by atoms with Gasteiger partial charge in [-0.3, -0.25) is 4.79 Å². The maximum atomic E-state index is 12.8. The fourth-order valence-corrected chi connectivity index (χ4v) is 2.77. The Bertz CT molecular complexity index is 894. The molecule has 0 aromatic carbocycles. The van der Waals surface area contributed by atoms with Crippen LogP contribution in [-0.2, 0) is 6.54 Å². The highest BCUT2D eigenvalue weighted by Gasteiger charge is 2.29. The number of halogens is 1. The van der Waals surface area contributed by atoms with Crippen LogP contribution in [0.5, 0.6) is 0 Å². The van der Waals surface area contributed by atoms with Crippen molar-refractivity contribution in [2.45, 2.75) is 40.3 Å². The second-order valence-electron chi connectivity index (χ2n) is 7.21. The van der Waals surface area contributed by atoms with E-state index in [0.717, 1.165) is 5.56 Å². The Hall–Kier alpha value is -2.41. The molecule has 1 unspecified atom stereocenters. The molecule has 1 atom stereocenters. The van der Waals surface area contributed by atoms with Gasteiger partial charge in [-0.15, -0.1) is 0 Å². The number of nitrogens with zero attached hydrogens (tertiary/aromatic N) is 5. The molecule has 0 aliphatic heterocycles. The van der Waals surface area contributed by atoms with Crippen LogP contribution in [0.15, 0.2) is 31.1 Å². The van der Waals surface area contributed by atoms with E-state index in [1.54, 1.807) is 24.9 Å². The molecule has 3 aromatic heterocycles. The zero-order valence-electron chi connectivity index (χ0n) is 14.7. The predicted octanol–water partition coefficient (Wildman–Crippen LogP) is 2.73. The molecule has 3 aromatic rings. The molecule has 3 rings (SSSR count). The Kier molecular flexibility index (Phi) is 4.51. The van der Waals surface area contributed by atoms with Gasteiger partial charge in [-0.25, -0.2) is 14.5 Å². The van der Waals surface area contributed by atoms with E-state index in [4.69, 9.17) is 11.6 Å². The fourth-order valence-electron chi connectivity index (χ4n) is 2.51. The molecule has 0 aliphatic carbocycles. The molecule has 3 heterocycles. The van der Waals surface area contributed by atoms with Crippen molar-refractivity contribution in [3.63, 3.8) is 0 Å². The van der Waals surface area contributed by atoms with Gasteiger partial charge in [-0.1, -0.05) is 32.4 Å². The van der Waals surface area contributed by atoms with E-state index in [0.29, 0.717) is 12.2 Å². The van der Waals surface area contributed by atoms with Crippen LogP contribution in [0.3, 0.4) is 0 Å². The highest BCUT2D eigenvalue weighted by molar-refractivity contribution is 6.36. The molecule has 0 spiro atoms. The molecule has 132 valence electrons. The smallest absolute Gasteiger partial charge is 0.273 e. The van der Waals surface area contributed by atoms with E-state index in [2.05, 4.69) is 41.2 Å². The van der Waals surface area contributed by atoms with E-state index in [1.165, 1.54) is 4.52 Å². The van der Waals surface area contributed by atoms with Crippen LogP contribution in [0.1, 0.15) is 36.8 Å². The van der Waals surface area contributed by atoms with Crippen LogP contribution in [-0.4, -0.2) is 36.1 Å². The topological polar surface area (TPSA) is 77.1 Å². The van der Waals surface area contributed by atoms with Crippen molar-refractivity contribution in [3.05, 3.63) is 47.4 Å². The molecule has 25 heavy (non-hydrogen) atoms. The largest absolute Gasteiger partial charge is 0.346 e. The van der Waals surface area contributed by atoms with Crippen molar-refractivity contribution in [1.82, 2.24) is 29.5 Å². The Balaban J connectivity index is 1.87. The van der Waals surface area contributed by atoms with Crippen molar-refractivity contribution in [1.29, 1.82) is 0 Å². The van der Waals surface area contributed by atoms with Crippen LogP contribution in [0, 0.1) is 12.3 Å². The summed E-state index contributed by atoms with van der Waals surface area (Å²) in [7, 11) is 0. The predicted molar refractivity (Wildman–Crippen MR) is 95.7 cm³/mol. The van der Waals surface area contributed by atoms with E-state index < -0.39 is 0 Å². The van der Waals surface area contributed by atoms with Crippen LogP contribution in [0.2, 0.25) is 5.02 Å². The highest BCUT2D eigenvalue weighted by atomic mass is 35.5. The number of carbonyl (C=O) groups is 1. The Morgan fingerprint density at radius 2 is 2.16 bits per heavy atom. The van der Waals surface area contributed by atoms with Gasteiger partial charge in [0, 0.05) is 31.3 Å². The Morgan fingerprint density at radius 3 is 2.80 bits per heavy atom. The first-order valence-electron chi connectivity index (χ1n) is 8.03. The summed E-state index contributed by atoms with van der Waals surface area (Å²) < 4.78 is 3.47. The van der Waals surface area contributed by atoms with Crippen molar-refractivity contribution >= 4 is 23.2 Å². The molecule has 0 saturated carbocycles. The van der Waals surface area contributed by atoms with Crippen molar-refractivity contribution < 1.29 is 4.79 Å². The second-order valence-corrected chi connectivity index (χ2v) is 7.59. The van der Waals surface area contributed by atoms with Gasteiger partial charge in [-0.2, -0.15) is 5.10 Å². The Morgan fingerprint density at radius 1 is 1.40 bits per heavy atom. The first-order chi connectivity index (χ1) is 11.8. The zero-order chi connectivity index (χ0) is 18.2. The number of aromatic nitrogens is 5. The molecule has 0 bridgehead atoms. The average molecular weight is 361 g/mol. The number of aryl methyl sites for hydroxylation is 1. The summed E-state index contributed by atoms with van der Waals surface area (Å²) in [6, 6.07) is -0.121. The van der Waals surface area contributed by atoms with E-state index >= 15 is 0 Å². The van der Waals surface area contributed by atoms with E-state index in [1.807, 2.05) is 17.7 Å². The number of nitrogens with one attached hydrogen (secondary N) is 1. The third kappa shape index (κ3) is 3.66. The fraction of sp³-hybridized carbons (Fsp3) is 0.412. The lowest BCUT2D eigenvalue weighted by Crippen LogP contribution is -2.46. The number of hydrogen-bond acceptors (Lipinski definition) is 4. The maximum Gasteiger partial charge on any atom is 0.273 e. The minimum Gasteiger partial charge on any atom is -0.346 e. The number of amides is 1. The number of fused-ring (bicyclic) bond motifs is 1. The van der Waals surface area contributed by atoms with Gasteiger partial charge in [0.2, 0.25) is 0 Å². The van der Waals surface area contributed by atoms with Crippen LogP contribution < -0.4 is 5.32 Å². The molecule has 8 heteroatoms. The molecular formula is C17H21ClN6O. The lowest BCUT2D eigenvalue weighted by atomic mass is 9.86. The van der Waals surface area contributed by atoms with Crippen molar-refractivity contribution in [3.8, 4) is 0 Å². The van der Waals surface area contributed by atoms with Crippen LogP contribution in [0.4, 0.5) is 0 Å². The molecular weight excluding hydrogens is 340 g/mol. The maximum absolute atomic E-state index is 12.8. The summed E-state index contributed by atoms with van der Waals surface area (Å²) in [6.07, 6.45) is 8.80. The molecule has 1 N–H and O–H groups in total. The zero-order valence-corrected chi connectivity index (χ0v) is 15.4. The quantitative estimate of drug-likeness (QED) is 0.776. The molecule has 0 fully saturated rings. The molecule has 0 radical (unpaired) electrons. The van der Waals surface area contributed by atoms with Gasteiger partial charge >= 0.3 is 0 Å². The minimum absolute atomic E-state index is 0.121. The second kappa shape index (κ2) is 6.48. The lowest BCUT2D eigenvalue weighted by molar-refractivity contribution is 0.0887. The molecule has 0 saturated heterocycles. The third-order valence-corrected chi connectivity index (χ3v) is 4.41. The SMILES string of the molecule is Cc1cnc2c(Cl)c(C(=O)NC(Cn3ccnc3)C(C)(C)C)nn2c1. The van der Waals surface area contributed by atoms with E-state index in [9.17, 15) is 4.79 Å². The monoisotopic (exact) mass is 360 g/mol. The first kappa shape index (κ1) is 17.4. The molecule has 1 amide bonds. The van der Waals surface area contributed by atoms with Gasteiger partial charge in [0.1, 0.15) is 5.02 Å². The van der Waals surface area contributed by atoms with Crippen LogP contribution in [0.25, 0.3) is 5.65 Å². The summed E-state index contributed by atoms with van der Waals surface area (Å²) in [5.41, 5.74) is 1.44. The summed E-state index contributed by atoms with van der Waals surface area (Å²) >= 11 is 6.32. The standard InChI is InChI=1S/C17H21ClN6O/c1-11-7-20-15-13(18)14(22-24(15)8-11)16(25)21-12(17(2,3)4)9-23-6-5-19-10-23/h5-8,10,12H,9H2,1-4H3,(H,21,25). The summed E-state index contributed by atoms with van der Waals surface area (Å²) in [5, 5.41) is 7.61. The third-order valence-electron chi connectivity index (χ3n) is 4.06. The normalized spacial score (nSPS) is 13.2. The lowest BCUT2D eigenvalue weighted by Gasteiger charge is -2.31. The van der Waals surface area contributed by atoms with E-state index in [-0.39, 0.29) is 28.1 Å². The number of rotatable bonds is 4. The summed E-state index contributed by atoms with van der Waals surface area (Å²) in [4.78, 5) is 21.1. The minimum atomic E-state index is -0.312. The molecule has 0 aliphatic rings. The van der Waals surface area contributed by atoms with Gasteiger partial charge in [0.15, 0.2) is 11.3 Å². The van der Waals surface area contributed by atoms with Crippen LogP contribution >= 0.6 is 11.6 Å². The molecule has 7 nitrogen and oxygen atoms in total. The van der Waals surface area contributed by atoms with Gasteiger partial charge in [-0.05, 0) is 17.9 Å². The van der Waals surface area contributed by atoms with Crippen molar-refractivity contribution in [2.24, 2.45) is 5.41 Å². The summed E-state index contributed by atoms with van der Waals surface area (Å²) in [5.74, 6) is -0.312. The number of hydrogen-bond donors (Lipinski definition) is 1. The van der Waals surface area contributed by atoms with Crippen molar-refractivity contribution in [2.75, 3.05) is 0 Å². The highest BCUT2D eigenvalue weighted by Crippen LogP contribution is 2.24.